The lowest BCUT2D eigenvalue weighted by molar-refractivity contribution is -0.358. The zero-order valence-electron chi connectivity index (χ0n) is 31.6. The van der Waals surface area contributed by atoms with E-state index in [2.05, 4.69) is 0 Å². The number of carbonyl (C=O) groups is 4. The number of rotatable bonds is 15. The first-order chi connectivity index (χ1) is 24.6. The summed E-state index contributed by atoms with van der Waals surface area (Å²) in [5, 5.41) is -1.37. The number of carbonyl (C=O) groups excluding carboxylic acids is 4. The van der Waals surface area contributed by atoms with Gasteiger partial charge >= 0.3 is 23.9 Å². The van der Waals surface area contributed by atoms with Crippen LogP contribution in [0.15, 0.2) is 17.0 Å². The predicted molar refractivity (Wildman–Crippen MR) is 191 cm³/mol. The fraction of sp³-hybridized carbons (Fsp3) is 0.714. The van der Waals surface area contributed by atoms with Crippen molar-refractivity contribution in [2.75, 3.05) is 19.0 Å². The summed E-state index contributed by atoms with van der Waals surface area (Å²) in [6, 6.07) is 3.71. The van der Waals surface area contributed by atoms with Crippen LogP contribution in [0.5, 0.6) is 0 Å². The molecule has 1 aromatic carbocycles. The molecular formula is C35H51Cl2NO14S. The fourth-order valence-corrected chi connectivity index (χ4v) is 8.45. The van der Waals surface area contributed by atoms with Gasteiger partial charge in [0.25, 0.3) is 10.1 Å². The molecule has 2 N–H and O–H groups in total. The molecule has 0 spiro atoms. The van der Waals surface area contributed by atoms with E-state index in [1.54, 1.807) is 0 Å². The summed E-state index contributed by atoms with van der Waals surface area (Å²) >= 11 is 13.2. The molecule has 0 unspecified atom stereocenters. The Hall–Kier alpha value is -2.57. The average Bonchev–Trinajstić information content (AvgIpc) is 3.32. The minimum absolute atomic E-state index is 0.0185. The zero-order chi connectivity index (χ0) is 40.2. The van der Waals surface area contributed by atoms with Crippen LogP contribution in [0.4, 0.5) is 0 Å². The van der Waals surface area contributed by atoms with E-state index in [1.807, 2.05) is 53.7 Å². The van der Waals surface area contributed by atoms with Crippen molar-refractivity contribution in [3.05, 3.63) is 28.8 Å². The number of nitrogens with two attached hydrogens (primary N) is 1. The summed E-state index contributed by atoms with van der Waals surface area (Å²) in [6.45, 7) is 15.0. The Balaban J connectivity index is 2.12. The van der Waals surface area contributed by atoms with Gasteiger partial charge in [-0.25, -0.2) is 0 Å². The van der Waals surface area contributed by atoms with Crippen LogP contribution in [0.2, 0.25) is 0 Å². The Kier molecular flexibility index (Phi) is 15.5. The third-order valence-corrected chi connectivity index (χ3v) is 11.0. The minimum Gasteiger partial charge on any atom is -0.457 e. The molecule has 2 aliphatic heterocycles. The number of alkyl halides is 2. The molecule has 2 aliphatic rings. The summed E-state index contributed by atoms with van der Waals surface area (Å²) in [6.07, 6.45) is -10.3. The molecular weight excluding hydrogens is 761 g/mol. The Morgan fingerprint density at radius 3 is 1.72 bits per heavy atom. The van der Waals surface area contributed by atoms with Gasteiger partial charge in [0.15, 0.2) is 24.4 Å². The van der Waals surface area contributed by atoms with Crippen LogP contribution in [-0.4, -0.2) is 105 Å². The topological polar surface area (TPSA) is 202 Å². The third kappa shape index (κ3) is 10.6. The van der Waals surface area contributed by atoms with Crippen LogP contribution < -0.4 is 5.73 Å². The summed E-state index contributed by atoms with van der Waals surface area (Å²) in [4.78, 5) is 49.1. The molecule has 2 heterocycles. The van der Waals surface area contributed by atoms with Gasteiger partial charge in [-0.05, 0) is 34.4 Å². The lowest BCUT2D eigenvalue weighted by atomic mass is 9.89. The first-order valence-corrected chi connectivity index (χ1v) is 19.6. The highest BCUT2D eigenvalue weighted by atomic mass is 35.5. The normalized spacial score (nSPS) is 29.0. The monoisotopic (exact) mass is 811 g/mol. The maximum atomic E-state index is 14.1. The lowest BCUT2D eigenvalue weighted by Gasteiger charge is -2.45. The van der Waals surface area contributed by atoms with Gasteiger partial charge in [0, 0.05) is 34.2 Å². The van der Waals surface area contributed by atoms with E-state index < -0.39 is 101 Å². The SMILES string of the molecule is CC(=O)O[C@@H]1[C@@H](CN)O[C@@](CCl)(O[C@H]2O[C@H](COS(=O)(=O)c3c(C(C)C)cc(C(C)C)cc3C(C)C)[C@H](Cl)[C@H](OC(C)=O)[C@H]2OC(C)=O)[C@H]1OC(C)=O. The van der Waals surface area contributed by atoms with Gasteiger partial charge in [-0.3, -0.25) is 23.4 Å². The van der Waals surface area contributed by atoms with E-state index in [0.717, 1.165) is 33.3 Å². The van der Waals surface area contributed by atoms with E-state index in [-0.39, 0.29) is 29.2 Å². The molecule has 0 bridgehead atoms. The van der Waals surface area contributed by atoms with Crippen molar-refractivity contribution in [2.24, 2.45) is 5.73 Å². The van der Waals surface area contributed by atoms with E-state index >= 15 is 0 Å². The molecule has 18 heteroatoms. The number of hydrogen-bond donors (Lipinski definition) is 1. The van der Waals surface area contributed by atoms with Gasteiger partial charge in [0.05, 0.1) is 12.5 Å². The Bertz CT molecular complexity index is 1580. The molecule has 15 nitrogen and oxygen atoms in total. The van der Waals surface area contributed by atoms with Gasteiger partial charge in [0.1, 0.15) is 22.5 Å². The molecule has 0 saturated carbocycles. The molecule has 0 aromatic heterocycles. The van der Waals surface area contributed by atoms with Gasteiger partial charge in [-0.15, -0.1) is 23.2 Å². The van der Waals surface area contributed by atoms with Crippen LogP contribution in [0.25, 0.3) is 0 Å². The molecule has 0 amide bonds. The number of esters is 4. The summed E-state index contributed by atoms with van der Waals surface area (Å²) in [7, 11) is -4.50. The number of hydrogen-bond acceptors (Lipinski definition) is 15. The van der Waals surface area contributed by atoms with Crippen molar-refractivity contribution in [1.29, 1.82) is 0 Å². The highest BCUT2D eigenvalue weighted by Crippen LogP contribution is 2.42. The van der Waals surface area contributed by atoms with Crippen molar-refractivity contribution < 1.29 is 64.9 Å². The fourth-order valence-electron chi connectivity index (χ4n) is 6.24. The second kappa shape index (κ2) is 18.4. The maximum Gasteiger partial charge on any atom is 0.303 e. The molecule has 2 fully saturated rings. The van der Waals surface area contributed by atoms with Crippen LogP contribution in [0.1, 0.15) is 104 Å². The summed E-state index contributed by atoms with van der Waals surface area (Å²) < 4.78 is 74.3. The molecule has 0 radical (unpaired) electrons. The van der Waals surface area contributed by atoms with E-state index in [1.165, 1.54) is 0 Å². The van der Waals surface area contributed by atoms with Crippen molar-refractivity contribution in [2.45, 2.75) is 146 Å². The second-order valence-electron chi connectivity index (χ2n) is 13.9. The van der Waals surface area contributed by atoms with Crippen molar-refractivity contribution in [3.8, 4) is 0 Å². The smallest absolute Gasteiger partial charge is 0.303 e. The maximum absolute atomic E-state index is 14.1. The number of ether oxygens (including phenoxy) is 7. The summed E-state index contributed by atoms with van der Waals surface area (Å²) in [5.74, 6) is -6.31. The van der Waals surface area contributed by atoms with E-state index in [9.17, 15) is 27.6 Å². The van der Waals surface area contributed by atoms with Crippen LogP contribution >= 0.6 is 23.2 Å². The molecule has 1 aromatic rings. The molecule has 2 saturated heterocycles. The van der Waals surface area contributed by atoms with Gasteiger partial charge in [-0.1, -0.05) is 53.7 Å². The molecule has 300 valence electrons. The second-order valence-corrected chi connectivity index (χ2v) is 16.2. The zero-order valence-corrected chi connectivity index (χ0v) is 33.9. The van der Waals surface area contributed by atoms with E-state index in [0.29, 0.717) is 11.1 Å². The van der Waals surface area contributed by atoms with E-state index in [4.69, 9.17) is 66.3 Å². The lowest BCUT2D eigenvalue weighted by Crippen LogP contribution is -2.63. The predicted octanol–water partition coefficient (Wildman–Crippen LogP) is 4.13. The van der Waals surface area contributed by atoms with Crippen LogP contribution in [-0.2, 0) is 66.6 Å². The highest BCUT2D eigenvalue weighted by Gasteiger charge is 2.63. The molecule has 3 rings (SSSR count). The van der Waals surface area contributed by atoms with Crippen molar-refractivity contribution in [3.63, 3.8) is 0 Å². The van der Waals surface area contributed by atoms with Gasteiger partial charge in [-0.2, -0.15) is 8.42 Å². The largest absolute Gasteiger partial charge is 0.457 e. The number of benzene rings is 1. The number of halogens is 2. The highest BCUT2D eigenvalue weighted by molar-refractivity contribution is 7.86. The average molecular weight is 813 g/mol. The Labute approximate surface area is 320 Å². The standard InChI is InChI=1S/C35H51Cl2NO14S/c1-16(2)23-11-24(17(3)4)32(25(12-23)18(5)6)53(43,44)45-14-27-28(37)30(47-20(8)40)31(48-21(9)41)34(50-27)52-35(15-36)33(49-22(10)42)29(46-19(7)39)26(13-38)51-35/h11-12,16-18,26-31,33-34H,13-15,38H2,1-10H3/t26-,27-,28+,29-,30+,31-,33+,34-,35+/m1/s1. The Morgan fingerprint density at radius 2 is 1.28 bits per heavy atom. The molecule has 53 heavy (non-hydrogen) atoms. The van der Waals surface area contributed by atoms with Gasteiger partial charge in [0.2, 0.25) is 12.1 Å². The van der Waals surface area contributed by atoms with Crippen molar-refractivity contribution >= 4 is 57.2 Å². The Morgan fingerprint density at radius 1 is 0.792 bits per heavy atom. The van der Waals surface area contributed by atoms with Gasteiger partial charge < -0.3 is 38.9 Å². The minimum atomic E-state index is -4.50. The first kappa shape index (κ1) is 44.8. The summed E-state index contributed by atoms with van der Waals surface area (Å²) in [5.41, 5.74) is 8.02. The quantitative estimate of drug-likeness (QED) is 0.115. The van der Waals surface area contributed by atoms with Crippen LogP contribution in [0, 0.1) is 0 Å². The molecule has 0 aliphatic carbocycles. The molecule has 9 atom stereocenters. The third-order valence-electron chi connectivity index (χ3n) is 8.67. The van der Waals surface area contributed by atoms with Crippen molar-refractivity contribution in [1.82, 2.24) is 0 Å². The first-order valence-electron chi connectivity index (χ1n) is 17.3. The van der Waals surface area contributed by atoms with Crippen LogP contribution in [0.3, 0.4) is 0 Å².